The summed E-state index contributed by atoms with van der Waals surface area (Å²) in [7, 11) is 0. The second-order valence-corrected chi connectivity index (χ2v) is 9.87. The molecule has 2 aromatic rings. The molecule has 0 radical (unpaired) electrons. The first-order chi connectivity index (χ1) is 15.7. The number of piperidine rings is 3. The third-order valence-electron chi connectivity index (χ3n) is 7.50. The molecule has 4 atom stereocenters. The van der Waals surface area contributed by atoms with Gasteiger partial charge in [-0.15, -0.1) is 0 Å². The lowest BCUT2D eigenvalue weighted by atomic mass is 9.75. The summed E-state index contributed by atoms with van der Waals surface area (Å²) in [6, 6.07) is 15.3. The van der Waals surface area contributed by atoms with Gasteiger partial charge in [0.2, 0.25) is 0 Å². The molecule has 5 heterocycles. The zero-order chi connectivity index (χ0) is 21.8. The molecule has 6 nitrogen and oxygen atoms in total. The van der Waals surface area contributed by atoms with E-state index in [0.717, 1.165) is 42.3 Å². The van der Waals surface area contributed by atoms with E-state index in [9.17, 15) is 0 Å². The Morgan fingerprint density at radius 1 is 1.00 bits per heavy atom. The quantitative estimate of drug-likeness (QED) is 0.625. The van der Waals surface area contributed by atoms with Crippen molar-refractivity contribution in [3.05, 3.63) is 54.5 Å². The summed E-state index contributed by atoms with van der Waals surface area (Å²) in [5.41, 5.74) is 1.36. The molecule has 0 spiro atoms. The molecule has 1 unspecified atom stereocenters. The molecule has 2 N–H and O–H groups in total. The summed E-state index contributed by atoms with van der Waals surface area (Å²) in [6.07, 6.45) is 4.34. The van der Waals surface area contributed by atoms with E-state index < -0.39 is 0 Å². The van der Waals surface area contributed by atoms with E-state index in [1.807, 2.05) is 12.1 Å². The number of benzene rings is 1. The number of anilines is 1. The van der Waals surface area contributed by atoms with Crippen molar-refractivity contribution < 1.29 is 4.42 Å². The first-order valence-electron chi connectivity index (χ1n) is 12.0. The number of furan rings is 1. The highest BCUT2D eigenvalue weighted by Crippen LogP contribution is 2.36. The van der Waals surface area contributed by atoms with Gasteiger partial charge in [-0.3, -0.25) is 9.80 Å². The Labute approximate surface area is 196 Å². The molecule has 0 saturated carbocycles. The van der Waals surface area contributed by atoms with Crippen LogP contribution in [-0.4, -0.2) is 73.3 Å². The molecule has 0 aliphatic carbocycles. The van der Waals surface area contributed by atoms with Gasteiger partial charge >= 0.3 is 0 Å². The molecule has 32 heavy (non-hydrogen) atoms. The first kappa shape index (κ1) is 21.7. The summed E-state index contributed by atoms with van der Waals surface area (Å²) in [5, 5.41) is 7.40. The number of fused-ring (bicyclic) bond motifs is 3. The Bertz CT molecular complexity index is 852. The number of hydrogen-bond donors (Lipinski definition) is 2. The molecule has 172 valence electrons. The number of hydrogen-bond acceptors (Lipinski definition) is 5. The zero-order valence-electron chi connectivity index (χ0n) is 18.8. The van der Waals surface area contributed by atoms with Crippen LogP contribution in [0.2, 0.25) is 0 Å². The third kappa shape index (κ3) is 5.27. The van der Waals surface area contributed by atoms with E-state index in [1.165, 1.54) is 51.3 Å². The van der Waals surface area contributed by atoms with Crippen LogP contribution in [0.15, 0.2) is 53.1 Å². The minimum absolute atomic E-state index is 0.600. The largest absolute Gasteiger partial charge is 0.467 e. The van der Waals surface area contributed by atoms with E-state index in [2.05, 4.69) is 55.7 Å². The van der Waals surface area contributed by atoms with Crippen molar-refractivity contribution in [2.24, 2.45) is 11.8 Å². The Kier molecular flexibility index (Phi) is 6.95. The number of thiocarbonyl (C=S) groups is 1. The lowest BCUT2D eigenvalue weighted by Gasteiger charge is -2.51. The van der Waals surface area contributed by atoms with Crippen molar-refractivity contribution in [1.29, 1.82) is 0 Å². The Balaban J connectivity index is 1.04. The van der Waals surface area contributed by atoms with Gasteiger partial charge in [-0.2, -0.15) is 0 Å². The minimum Gasteiger partial charge on any atom is -0.467 e. The van der Waals surface area contributed by atoms with Crippen LogP contribution < -0.4 is 15.5 Å². The van der Waals surface area contributed by atoms with E-state index in [1.54, 1.807) is 6.26 Å². The van der Waals surface area contributed by atoms with Crippen molar-refractivity contribution in [2.75, 3.05) is 57.3 Å². The molecule has 4 aliphatic heterocycles. The third-order valence-corrected chi connectivity index (χ3v) is 7.79. The van der Waals surface area contributed by atoms with Crippen LogP contribution in [0, 0.1) is 11.8 Å². The molecule has 1 aromatic heterocycles. The van der Waals surface area contributed by atoms with Gasteiger partial charge in [-0.25, -0.2) is 0 Å². The molecular formula is C25H35N5OS. The number of rotatable bonds is 7. The van der Waals surface area contributed by atoms with Crippen LogP contribution in [0.1, 0.15) is 18.6 Å². The Hall–Kier alpha value is -2.09. The second-order valence-electron chi connectivity index (χ2n) is 9.46. The maximum Gasteiger partial charge on any atom is 0.166 e. The highest BCUT2D eigenvalue weighted by Gasteiger charge is 2.40. The predicted molar refractivity (Wildman–Crippen MR) is 133 cm³/mol. The van der Waals surface area contributed by atoms with Crippen LogP contribution in [-0.2, 0) is 6.54 Å². The maximum atomic E-state index is 5.46. The monoisotopic (exact) mass is 453 g/mol. The summed E-state index contributed by atoms with van der Waals surface area (Å²) in [6.45, 7) is 9.94. The van der Waals surface area contributed by atoms with Gasteiger partial charge in [-0.05, 0) is 67.7 Å². The maximum absolute atomic E-state index is 5.46. The molecule has 6 rings (SSSR count). The lowest BCUT2D eigenvalue weighted by Crippen LogP contribution is -2.59. The van der Waals surface area contributed by atoms with Crippen LogP contribution in [0.25, 0.3) is 0 Å². The normalized spacial score (nSPS) is 27.9. The van der Waals surface area contributed by atoms with Crippen LogP contribution in [0.5, 0.6) is 0 Å². The SMILES string of the molecule is S=C(NCc1ccco1)NC[C@H]1C[C@@H]2CCN1C[C@@H]2CN1CCN(c2ccccc2)CC1. The van der Waals surface area contributed by atoms with Gasteiger partial charge < -0.3 is 20.0 Å². The van der Waals surface area contributed by atoms with Crippen molar-refractivity contribution in [1.82, 2.24) is 20.4 Å². The standard InChI is InChI=1S/C25H35N5OS/c32-25(27-17-24-7-4-14-31-24)26-16-23-15-20-8-9-30(23)19-21(20)18-28-10-12-29(13-11-28)22-5-2-1-3-6-22/h1-7,14,20-21,23H,8-13,15-19H2,(H2,26,27,32)/t20-,21-,23+/m0/s1. The summed E-state index contributed by atoms with van der Waals surface area (Å²) < 4.78 is 5.36. The molecular weight excluding hydrogens is 418 g/mol. The minimum atomic E-state index is 0.600. The fourth-order valence-corrected chi connectivity index (χ4v) is 5.84. The Morgan fingerprint density at radius 2 is 1.84 bits per heavy atom. The van der Waals surface area contributed by atoms with Crippen LogP contribution >= 0.6 is 12.2 Å². The lowest BCUT2D eigenvalue weighted by molar-refractivity contribution is -0.0110. The molecule has 4 saturated heterocycles. The topological polar surface area (TPSA) is 46.9 Å². The van der Waals surface area contributed by atoms with Crippen molar-refractivity contribution in [3.8, 4) is 0 Å². The van der Waals surface area contributed by atoms with Gasteiger partial charge in [0.15, 0.2) is 5.11 Å². The van der Waals surface area contributed by atoms with Crippen LogP contribution in [0.4, 0.5) is 5.69 Å². The average molecular weight is 454 g/mol. The second kappa shape index (κ2) is 10.2. The van der Waals surface area contributed by atoms with Crippen molar-refractivity contribution in [3.63, 3.8) is 0 Å². The number of nitrogens with zero attached hydrogens (tertiary/aromatic N) is 3. The van der Waals surface area contributed by atoms with Crippen LogP contribution in [0.3, 0.4) is 0 Å². The van der Waals surface area contributed by atoms with E-state index in [-0.39, 0.29) is 0 Å². The summed E-state index contributed by atoms with van der Waals surface area (Å²) >= 11 is 5.46. The van der Waals surface area contributed by atoms with E-state index in [0.29, 0.717) is 12.6 Å². The molecule has 2 bridgehead atoms. The van der Waals surface area contributed by atoms with Gasteiger partial charge in [-0.1, -0.05) is 18.2 Å². The fraction of sp³-hybridized carbons (Fsp3) is 0.560. The Morgan fingerprint density at radius 3 is 2.56 bits per heavy atom. The average Bonchev–Trinajstić information content (AvgIpc) is 3.37. The highest BCUT2D eigenvalue weighted by molar-refractivity contribution is 7.80. The molecule has 0 amide bonds. The van der Waals surface area contributed by atoms with E-state index >= 15 is 0 Å². The summed E-state index contributed by atoms with van der Waals surface area (Å²) in [5.74, 6) is 2.57. The first-order valence-corrected chi connectivity index (χ1v) is 12.5. The molecule has 4 aliphatic rings. The van der Waals surface area contributed by atoms with Gasteiger partial charge in [0, 0.05) is 57.5 Å². The van der Waals surface area contributed by atoms with Crippen molar-refractivity contribution >= 4 is 23.0 Å². The highest BCUT2D eigenvalue weighted by atomic mass is 32.1. The molecule has 7 heteroatoms. The number of para-hydroxylation sites is 1. The molecule has 1 aromatic carbocycles. The predicted octanol–water partition coefficient (Wildman–Crippen LogP) is 2.78. The smallest absolute Gasteiger partial charge is 0.166 e. The number of nitrogens with one attached hydrogen (secondary N) is 2. The van der Waals surface area contributed by atoms with E-state index in [4.69, 9.17) is 16.6 Å². The summed E-state index contributed by atoms with van der Waals surface area (Å²) in [4.78, 5) is 7.93. The molecule has 4 fully saturated rings. The van der Waals surface area contributed by atoms with Gasteiger partial charge in [0.1, 0.15) is 5.76 Å². The van der Waals surface area contributed by atoms with Gasteiger partial charge in [0.25, 0.3) is 0 Å². The van der Waals surface area contributed by atoms with Gasteiger partial charge in [0.05, 0.1) is 12.8 Å². The number of piperazine rings is 1. The van der Waals surface area contributed by atoms with Crippen molar-refractivity contribution in [2.45, 2.75) is 25.4 Å². The zero-order valence-corrected chi connectivity index (χ0v) is 19.6. The fourth-order valence-electron chi connectivity index (χ4n) is 5.68.